The van der Waals surface area contributed by atoms with E-state index in [1.54, 1.807) is 45.0 Å². The summed E-state index contributed by atoms with van der Waals surface area (Å²) >= 11 is 0. The number of carbonyl (C=O) groups is 3. The van der Waals surface area contributed by atoms with Crippen molar-refractivity contribution in [3.8, 4) is 23.0 Å². The molecule has 2 aliphatic heterocycles. The van der Waals surface area contributed by atoms with Crippen LogP contribution >= 0.6 is 0 Å². The van der Waals surface area contributed by atoms with Crippen LogP contribution in [-0.2, 0) is 10.3 Å². The largest absolute Gasteiger partial charge is 0.508 e. The van der Waals surface area contributed by atoms with Crippen molar-refractivity contribution in [2.24, 2.45) is 5.41 Å². The molecule has 1 spiro atoms. The Morgan fingerprint density at radius 2 is 1.62 bits per heavy atom. The summed E-state index contributed by atoms with van der Waals surface area (Å²) in [6.07, 6.45) is 0. The second-order valence-corrected chi connectivity index (χ2v) is 9.30. The van der Waals surface area contributed by atoms with E-state index in [0.29, 0.717) is 5.56 Å². The van der Waals surface area contributed by atoms with Crippen molar-refractivity contribution in [3.63, 3.8) is 0 Å². The molecule has 0 saturated heterocycles. The Morgan fingerprint density at radius 1 is 0.912 bits per heavy atom. The van der Waals surface area contributed by atoms with Crippen LogP contribution in [0.15, 0.2) is 48.5 Å². The highest BCUT2D eigenvalue weighted by Crippen LogP contribution is 2.59. The van der Waals surface area contributed by atoms with Crippen LogP contribution in [0, 0.1) is 5.41 Å². The van der Waals surface area contributed by atoms with Crippen LogP contribution in [-0.4, -0.2) is 33.0 Å². The van der Waals surface area contributed by atoms with E-state index in [1.165, 1.54) is 18.2 Å². The van der Waals surface area contributed by atoms with Gasteiger partial charge in [0.05, 0.1) is 22.3 Å². The number of esters is 1. The topological polar surface area (TPSA) is 130 Å². The molecule has 34 heavy (non-hydrogen) atoms. The summed E-state index contributed by atoms with van der Waals surface area (Å²) in [6, 6.07) is 11.8. The lowest BCUT2D eigenvalue weighted by atomic mass is 9.73. The van der Waals surface area contributed by atoms with Crippen LogP contribution in [0.25, 0.3) is 0 Å². The molecule has 8 heteroatoms. The van der Waals surface area contributed by atoms with Gasteiger partial charge in [-0.1, -0.05) is 39.0 Å². The zero-order valence-electron chi connectivity index (χ0n) is 18.5. The predicted molar refractivity (Wildman–Crippen MR) is 119 cm³/mol. The van der Waals surface area contributed by atoms with Crippen LogP contribution in [0.1, 0.15) is 68.5 Å². The van der Waals surface area contributed by atoms with E-state index in [4.69, 9.17) is 9.47 Å². The molecule has 5 rings (SSSR count). The minimum atomic E-state index is -1.78. The number of hydrogen-bond donors (Lipinski definition) is 3. The molecule has 172 valence electrons. The minimum Gasteiger partial charge on any atom is -0.508 e. The summed E-state index contributed by atoms with van der Waals surface area (Å²) in [4.78, 5) is 38.9. The molecule has 3 aromatic rings. The third-order valence-electron chi connectivity index (χ3n) is 6.08. The Balaban J connectivity index is 1.98. The number of aromatic hydroxyl groups is 2. The summed E-state index contributed by atoms with van der Waals surface area (Å²) in [5.41, 5.74) is -2.94. The average molecular weight is 460 g/mol. The molecule has 0 aliphatic carbocycles. The van der Waals surface area contributed by atoms with Crippen molar-refractivity contribution in [1.82, 2.24) is 0 Å². The third kappa shape index (κ3) is 2.75. The van der Waals surface area contributed by atoms with Crippen LogP contribution in [0.4, 0.5) is 0 Å². The maximum Gasteiger partial charge on any atom is 0.340 e. The van der Waals surface area contributed by atoms with E-state index in [1.807, 2.05) is 0 Å². The lowest BCUT2D eigenvalue weighted by Crippen LogP contribution is -2.36. The number of aromatic carboxylic acids is 1. The minimum absolute atomic E-state index is 0.0816. The van der Waals surface area contributed by atoms with Crippen molar-refractivity contribution in [2.75, 3.05) is 0 Å². The van der Waals surface area contributed by atoms with E-state index in [9.17, 15) is 29.7 Å². The molecule has 0 radical (unpaired) electrons. The predicted octanol–water partition coefficient (Wildman–Crippen LogP) is 4.59. The number of rotatable bonds is 2. The number of Topliss-reactive ketones (excluding diaryl/α,β-unsaturated/α-hetero) is 1. The van der Waals surface area contributed by atoms with Gasteiger partial charge in [0, 0.05) is 28.7 Å². The Kier molecular flexibility index (Phi) is 4.32. The normalized spacial score (nSPS) is 17.9. The fourth-order valence-corrected chi connectivity index (χ4v) is 4.64. The van der Waals surface area contributed by atoms with Gasteiger partial charge in [-0.2, -0.15) is 0 Å². The fourth-order valence-electron chi connectivity index (χ4n) is 4.64. The Bertz CT molecular complexity index is 1430. The summed E-state index contributed by atoms with van der Waals surface area (Å²) in [7, 11) is 0. The van der Waals surface area contributed by atoms with Gasteiger partial charge in [0.15, 0.2) is 11.4 Å². The monoisotopic (exact) mass is 460 g/mol. The molecule has 2 heterocycles. The summed E-state index contributed by atoms with van der Waals surface area (Å²) in [6.45, 7) is 4.82. The number of carboxylic acids is 1. The first-order valence-electron chi connectivity index (χ1n) is 10.5. The number of ketones is 1. The number of hydrogen-bond acceptors (Lipinski definition) is 7. The van der Waals surface area contributed by atoms with E-state index in [2.05, 4.69) is 0 Å². The highest BCUT2D eigenvalue weighted by Gasteiger charge is 2.56. The smallest absolute Gasteiger partial charge is 0.340 e. The highest BCUT2D eigenvalue weighted by atomic mass is 16.6. The van der Waals surface area contributed by atoms with Gasteiger partial charge in [-0.3, -0.25) is 4.79 Å². The lowest BCUT2D eigenvalue weighted by molar-refractivity contribution is 0.0215. The first-order valence-corrected chi connectivity index (χ1v) is 10.5. The first-order chi connectivity index (χ1) is 16.0. The van der Waals surface area contributed by atoms with Crippen LogP contribution < -0.4 is 4.74 Å². The average Bonchev–Trinajstić information content (AvgIpc) is 3.04. The summed E-state index contributed by atoms with van der Waals surface area (Å²) in [5, 5.41) is 31.1. The van der Waals surface area contributed by atoms with Crippen molar-refractivity contribution in [3.05, 3.63) is 81.9 Å². The number of carbonyl (C=O) groups excluding carboxylic acids is 2. The Hall–Kier alpha value is -4.33. The zero-order valence-corrected chi connectivity index (χ0v) is 18.5. The third-order valence-corrected chi connectivity index (χ3v) is 6.08. The molecular weight excluding hydrogens is 440 g/mol. The van der Waals surface area contributed by atoms with E-state index in [-0.39, 0.29) is 33.9 Å². The van der Waals surface area contributed by atoms with Gasteiger partial charge >= 0.3 is 11.9 Å². The number of carboxylic acid groups (broad SMARTS) is 1. The van der Waals surface area contributed by atoms with Gasteiger partial charge in [0.2, 0.25) is 0 Å². The lowest BCUT2D eigenvalue weighted by Gasteiger charge is -2.38. The fraction of sp³-hybridized carbons (Fsp3) is 0.192. The molecule has 8 nitrogen and oxygen atoms in total. The van der Waals surface area contributed by atoms with E-state index in [0.717, 1.165) is 6.07 Å². The number of phenolic OH excluding ortho intramolecular Hbond substituents is 2. The Morgan fingerprint density at radius 3 is 2.29 bits per heavy atom. The molecule has 0 amide bonds. The molecule has 0 bridgehead atoms. The van der Waals surface area contributed by atoms with E-state index < -0.39 is 45.6 Å². The van der Waals surface area contributed by atoms with Gasteiger partial charge in [0.1, 0.15) is 23.0 Å². The Labute approximate surface area is 194 Å². The van der Waals surface area contributed by atoms with E-state index >= 15 is 0 Å². The maximum atomic E-state index is 13.3. The second kappa shape index (κ2) is 6.84. The molecule has 0 aromatic heterocycles. The molecule has 1 unspecified atom stereocenters. The van der Waals surface area contributed by atoms with Gasteiger partial charge in [-0.05, 0) is 18.2 Å². The quantitative estimate of drug-likeness (QED) is 0.374. The number of fused-ring (bicyclic) bond motifs is 6. The molecule has 3 aromatic carbocycles. The number of ether oxygens (including phenoxy) is 2. The molecule has 0 fully saturated rings. The molecule has 2 aliphatic rings. The maximum absolute atomic E-state index is 13.3. The molecule has 1 atom stereocenters. The van der Waals surface area contributed by atoms with Gasteiger partial charge in [-0.25, -0.2) is 9.59 Å². The van der Waals surface area contributed by atoms with Gasteiger partial charge < -0.3 is 24.8 Å². The van der Waals surface area contributed by atoms with Crippen molar-refractivity contribution in [1.29, 1.82) is 0 Å². The van der Waals surface area contributed by atoms with Crippen molar-refractivity contribution < 1.29 is 39.2 Å². The SMILES string of the molecule is CC(C)(C)C(=O)c1c(O)cc2c(c1C(=O)O)C1(OC(=O)c3ccccc31)c1ccc(O)cc1O2. The highest BCUT2D eigenvalue weighted by molar-refractivity contribution is 6.12. The standard InChI is InChI=1S/C26H20O8/c1-25(2,3)22(29)19-16(28)11-18-21(20(19)23(30)31)26(15-9-8-12(27)10-17(15)33-18)14-7-5-4-6-13(14)24(32)34-26/h4-11,27-28H,1-3H3,(H,30,31). The first kappa shape index (κ1) is 21.5. The van der Waals surface area contributed by atoms with Crippen molar-refractivity contribution >= 4 is 17.7 Å². The van der Waals surface area contributed by atoms with Crippen molar-refractivity contribution in [2.45, 2.75) is 26.4 Å². The molecular formula is C26H20O8. The second-order valence-electron chi connectivity index (χ2n) is 9.30. The summed E-state index contributed by atoms with van der Waals surface area (Å²) in [5.74, 6) is -3.48. The molecule has 3 N–H and O–H groups in total. The number of benzene rings is 3. The number of phenols is 2. The molecule has 0 saturated carbocycles. The zero-order chi connectivity index (χ0) is 24.6. The van der Waals surface area contributed by atoms with Crippen LogP contribution in [0.2, 0.25) is 0 Å². The van der Waals surface area contributed by atoms with Gasteiger partial charge in [0.25, 0.3) is 0 Å². The van der Waals surface area contributed by atoms with Crippen LogP contribution in [0.5, 0.6) is 23.0 Å². The summed E-state index contributed by atoms with van der Waals surface area (Å²) < 4.78 is 11.8. The van der Waals surface area contributed by atoms with Crippen LogP contribution in [0.3, 0.4) is 0 Å². The van der Waals surface area contributed by atoms with Gasteiger partial charge in [-0.15, -0.1) is 0 Å².